The quantitative estimate of drug-likeness (QED) is 0.530. The molecule has 0 aliphatic carbocycles. The molecule has 2 aromatic heterocycles. The van der Waals surface area contributed by atoms with Gasteiger partial charge in [-0.1, -0.05) is 6.07 Å². The molecule has 182 valence electrons. The number of carbonyl (C=O) groups excluding carboxylic acids is 1. The minimum absolute atomic E-state index is 0.00202. The number of alkyl halides is 3. The van der Waals surface area contributed by atoms with E-state index in [0.29, 0.717) is 24.9 Å². The first kappa shape index (κ1) is 24.0. The molecule has 0 fully saturated rings. The van der Waals surface area contributed by atoms with Crippen molar-refractivity contribution < 1.29 is 31.1 Å². The molecule has 1 aromatic carbocycles. The smallest absolute Gasteiger partial charge is 0.444 e. The van der Waals surface area contributed by atoms with Crippen molar-refractivity contribution in [3.63, 3.8) is 0 Å². The average molecular weight is 497 g/mol. The van der Waals surface area contributed by atoms with E-state index in [1.165, 1.54) is 29.3 Å². The van der Waals surface area contributed by atoms with Crippen LogP contribution in [0.1, 0.15) is 31.9 Å². The van der Waals surface area contributed by atoms with Gasteiger partial charge in [0.1, 0.15) is 11.3 Å². The zero-order valence-corrected chi connectivity index (χ0v) is 19.6. The van der Waals surface area contributed by atoms with Gasteiger partial charge in [0.2, 0.25) is 0 Å². The fourth-order valence-electron chi connectivity index (χ4n) is 3.79. The Morgan fingerprint density at radius 1 is 1.06 bits per heavy atom. The summed E-state index contributed by atoms with van der Waals surface area (Å²) in [5.74, 6) is -0.413. The van der Waals surface area contributed by atoms with Gasteiger partial charge in [-0.05, 0) is 69.0 Å². The number of rotatable bonds is 2. The van der Waals surface area contributed by atoms with Crippen LogP contribution in [0.2, 0.25) is 0 Å². The maximum Gasteiger partial charge on any atom is 0.517 e. The van der Waals surface area contributed by atoms with Crippen LogP contribution in [0.4, 0.5) is 18.0 Å². The number of halogens is 3. The second-order valence-electron chi connectivity index (χ2n) is 8.94. The topological polar surface area (TPSA) is 94.4 Å². The molecule has 3 aromatic rings. The summed E-state index contributed by atoms with van der Waals surface area (Å²) >= 11 is 0. The average Bonchev–Trinajstić information content (AvgIpc) is 2.97. The van der Waals surface area contributed by atoms with Gasteiger partial charge in [0.05, 0.1) is 11.0 Å². The van der Waals surface area contributed by atoms with Gasteiger partial charge in [0, 0.05) is 19.3 Å². The van der Waals surface area contributed by atoms with Gasteiger partial charge in [0.15, 0.2) is 5.82 Å². The van der Waals surface area contributed by atoms with Crippen LogP contribution >= 0.6 is 0 Å². The lowest BCUT2D eigenvalue weighted by Crippen LogP contribution is -2.38. The highest BCUT2D eigenvalue weighted by molar-refractivity contribution is 7.91. The number of hydrogen-bond donors (Lipinski definition) is 0. The number of imidazole rings is 1. The second-order valence-corrected chi connectivity index (χ2v) is 10.7. The summed E-state index contributed by atoms with van der Waals surface area (Å²) in [6, 6.07) is 7.48. The second kappa shape index (κ2) is 8.26. The van der Waals surface area contributed by atoms with E-state index in [1.807, 2.05) is 0 Å². The first-order valence-electron chi connectivity index (χ1n) is 10.5. The summed E-state index contributed by atoms with van der Waals surface area (Å²) in [5.41, 5.74) is -4.88. The van der Waals surface area contributed by atoms with Crippen molar-refractivity contribution in [3.05, 3.63) is 47.7 Å². The normalized spacial score (nSPS) is 15.2. The van der Waals surface area contributed by atoms with Crippen LogP contribution < -0.4 is 0 Å². The minimum atomic E-state index is -5.79. The van der Waals surface area contributed by atoms with E-state index in [1.54, 1.807) is 32.9 Å². The molecule has 8 nitrogen and oxygen atoms in total. The van der Waals surface area contributed by atoms with Crippen LogP contribution in [0.5, 0.6) is 0 Å². The molecule has 0 bridgehead atoms. The summed E-state index contributed by atoms with van der Waals surface area (Å²) in [5, 5.41) is 0. The number of ether oxygens (including phenoxy) is 1. The van der Waals surface area contributed by atoms with E-state index in [9.17, 15) is 26.4 Å². The van der Waals surface area contributed by atoms with Gasteiger partial charge in [0.25, 0.3) is 0 Å². The van der Waals surface area contributed by atoms with E-state index in [2.05, 4.69) is 9.97 Å². The van der Waals surface area contributed by atoms with Crippen LogP contribution in [0.25, 0.3) is 22.6 Å². The number of aromatic nitrogens is 3. The third kappa shape index (κ3) is 4.46. The number of benzene rings is 1. The van der Waals surface area contributed by atoms with Gasteiger partial charge in [-0.3, -0.25) is 4.98 Å². The first-order chi connectivity index (χ1) is 15.8. The molecule has 0 saturated heterocycles. The van der Waals surface area contributed by atoms with Crippen LogP contribution in [-0.4, -0.2) is 57.6 Å². The van der Waals surface area contributed by atoms with Gasteiger partial charge >= 0.3 is 21.6 Å². The molecule has 0 saturated carbocycles. The fourth-order valence-corrected chi connectivity index (χ4v) is 4.76. The van der Waals surface area contributed by atoms with Gasteiger partial charge in [-0.15, -0.1) is 0 Å². The summed E-state index contributed by atoms with van der Waals surface area (Å²) < 4.78 is 71.5. The molecular formula is C22H23F3N4O4S. The molecule has 4 rings (SSSR count). The molecule has 1 amide bonds. The lowest BCUT2D eigenvalue weighted by molar-refractivity contribution is -0.0445. The molecule has 12 heteroatoms. The van der Waals surface area contributed by atoms with Crippen molar-refractivity contribution in [1.82, 2.24) is 18.8 Å². The van der Waals surface area contributed by atoms with E-state index in [0.717, 1.165) is 5.56 Å². The Morgan fingerprint density at radius 2 is 1.71 bits per heavy atom. The standard InChI is InChI=1S/C22H23F3N4O4S/c1-21(2,3)33-20(30)28-10-7-14-12-17-18(13-15(14)8-11-28)29(34(31,32)22(23,24)25)19(27-17)16-6-4-5-9-26-16/h4-6,9,12-13H,7-8,10-11H2,1-3H3. The zero-order chi connectivity index (χ0) is 24.9. The summed E-state index contributed by atoms with van der Waals surface area (Å²) in [6.07, 6.45) is 1.60. The summed E-state index contributed by atoms with van der Waals surface area (Å²) in [7, 11) is -5.79. The van der Waals surface area contributed by atoms with Crippen molar-refractivity contribution in [1.29, 1.82) is 0 Å². The molecule has 0 spiro atoms. The Morgan fingerprint density at radius 3 is 2.26 bits per heavy atom. The highest BCUT2D eigenvalue weighted by Crippen LogP contribution is 2.35. The van der Waals surface area contributed by atoms with E-state index < -0.39 is 33.1 Å². The van der Waals surface area contributed by atoms with Crippen molar-refractivity contribution in [2.24, 2.45) is 0 Å². The third-order valence-corrected chi connectivity index (χ3v) is 6.75. The number of carbonyl (C=O) groups is 1. The van der Waals surface area contributed by atoms with E-state index >= 15 is 0 Å². The largest absolute Gasteiger partial charge is 0.517 e. The SMILES string of the molecule is CC(C)(C)OC(=O)N1CCc2cc3nc(-c4ccccn4)n(S(=O)(=O)C(F)(F)F)c3cc2CC1. The van der Waals surface area contributed by atoms with E-state index in [-0.39, 0.29) is 27.2 Å². The van der Waals surface area contributed by atoms with Crippen LogP contribution in [0.3, 0.4) is 0 Å². The van der Waals surface area contributed by atoms with Crippen molar-refractivity contribution in [2.75, 3.05) is 13.1 Å². The Labute approximate surface area is 194 Å². The van der Waals surface area contributed by atoms with Crippen LogP contribution in [0.15, 0.2) is 36.5 Å². The molecule has 0 N–H and O–H groups in total. The minimum Gasteiger partial charge on any atom is -0.444 e. The van der Waals surface area contributed by atoms with Gasteiger partial charge in [-0.25, -0.2) is 13.8 Å². The fraction of sp³-hybridized carbons (Fsp3) is 0.409. The highest BCUT2D eigenvalue weighted by Gasteiger charge is 2.49. The number of hydrogen-bond acceptors (Lipinski definition) is 6. The molecule has 0 radical (unpaired) electrons. The van der Waals surface area contributed by atoms with Crippen molar-refractivity contribution in [2.45, 2.75) is 44.7 Å². The Hall–Kier alpha value is -3.15. The molecule has 34 heavy (non-hydrogen) atoms. The number of nitrogens with zero attached hydrogens (tertiary/aromatic N) is 4. The molecule has 1 aliphatic rings. The number of amides is 1. The third-order valence-electron chi connectivity index (χ3n) is 5.31. The molecule has 0 unspecified atom stereocenters. The monoisotopic (exact) mass is 496 g/mol. The maximum absolute atomic E-state index is 13.6. The summed E-state index contributed by atoms with van der Waals surface area (Å²) in [4.78, 5) is 22.2. The Balaban J connectivity index is 1.81. The Kier molecular flexibility index (Phi) is 5.83. The Bertz CT molecular complexity index is 1350. The lowest BCUT2D eigenvalue weighted by atomic mass is 10.0. The predicted molar refractivity (Wildman–Crippen MR) is 119 cm³/mol. The highest BCUT2D eigenvalue weighted by atomic mass is 32.2. The molecule has 0 atom stereocenters. The predicted octanol–water partition coefficient (Wildman–Crippen LogP) is 4.13. The summed E-state index contributed by atoms with van der Waals surface area (Å²) in [6.45, 7) is 5.90. The van der Waals surface area contributed by atoms with Gasteiger partial charge in [-0.2, -0.15) is 21.6 Å². The molecular weight excluding hydrogens is 473 g/mol. The van der Waals surface area contributed by atoms with E-state index in [4.69, 9.17) is 4.74 Å². The molecule has 3 heterocycles. The zero-order valence-electron chi connectivity index (χ0n) is 18.8. The first-order valence-corrected chi connectivity index (χ1v) is 12.0. The maximum atomic E-state index is 13.6. The van der Waals surface area contributed by atoms with Crippen LogP contribution in [0, 0.1) is 0 Å². The van der Waals surface area contributed by atoms with Crippen molar-refractivity contribution in [3.8, 4) is 11.5 Å². The lowest BCUT2D eigenvalue weighted by Gasteiger charge is -2.26. The van der Waals surface area contributed by atoms with Crippen molar-refractivity contribution >= 4 is 27.1 Å². The number of pyridine rings is 1. The number of fused-ring (bicyclic) bond motifs is 2. The van der Waals surface area contributed by atoms with Gasteiger partial charge < -0.3 is 9.64 Å². The van der Waals surface area contributed by atoms with Crippen LogP contribution in [-0.2, 0) is 27.6 Å². The molecule has 1 aliphatic heterocycles.